The van der Waals surface area contributed by atoms with E-state index in [0.717, 1.165) is 0 Å². The number of amides is 1. The summed E-state index contributed by atoms with van der Waals surface area (Å²) >= 11 is 0. The molecule has 2 aromatic heterocycles. The van der Waals surface area contributed by atoms with Gasteiger partial charge >= 0.3 is 0 Å². The van der Waals surface area contributed by atoms with Gasteiger partial charge in [-0.3, -0.25) is 14.6 Å². The summed E-state index contributed by atoms with van der Waals surface area (Å²) in [7, 11) is 0. The third-order valence-corrected chi connectivity index (χ3v) is 6.38. The summed E-state index contributed by atoms with van der Waals surface area (Å²) in [5.74, 6) is -0.585. The van der Waals surface area contributed by atoms with Gasteiger partial charge in [-0.15, -0.1) is 0 Å². The topological polar surface area (TPSA) is 125 Å². The van der Waals surface area contributed by atoms with Crippen molar-refractivity contribution in [1.29, 1.82) is 0 Å². The highest BCUT2D eigenvalue weighted by molar-refractivity contribution is 6.05. The lowest BCUT2D eigenvalue weighted by Crippen LogP contribution is -2.56. The number of ether oxygens (including phenoxy) is 1. The van der Waals surface area contributed by atoms with Crippen LogP contribution in [0.25, 0.3) is 11.1 Å². The molecule has 8 heteroatoms. The first-order valence-corrected chi connectivity index (χ1v) is 10.9. The van der Waals surface area contributed by atoms with Gasteiger partial charge in [0.15, 0.2) is 0 Å². The predicted molar refractivity (Wildman–Crippen MR) is 124 cm³/mol. The minimum Gasteiger partial charge on any atom is -0.390 e. The zero-order valence-electron chi connectivity index (χ0n) is 18.5. The number of hydrogen-bond donors (Lipinski definition) is 4. The Morgan fingerprint density at radius 1 is 1.27 bits per heavy atom. The molecule has 0 radical (unpaired) electrons. The number of aromatic amines is 1. The number of pyridine rings is 2. The lowest BCUT2D eigenvalue weighted by atomic mass is 9.81. The van der Waals surface area contributed by atoms with Crippen LogP contribution in [0.4, 0.5) is 5.69 Å². The number of rotatable bonds is 5. The minimum atomic E-state index is -1.34. The van der Waals surface area contributed by atoms with Crippen LogP contribution < -0.4 is 10.7 Å². The van der Waals surface area contributed by atoms with Gasteiger partial charge in [0.05, 0.1) is 30.2 Å². The van der Waals surface area contributed by atoms with Gasteiger partial charge in [-0.2, -0.15) is 0 Å². The maximum Gasteiger partial charge on any atom is 0.261 e. The molecule has 4 N–H and O–H groups in total. The van der Waals surface area contributed by atoms with Crippen molar-refractivity contribution in [3.8, 4) is 11.1 Å². The van der Waals surface area contributed by atoms with Crippen LogP contribution in [0.5, 0.6) is 0 Å². The van der Waals surface area contributed by atoms with E-state index in [1.54, 1.807) is 44.4 Å². The Balaban J connectivity index is 1.61. The normalized spacial score (nSPS) is 24.9. The number of aromatic nitrogens is 2. The van der Waals surface area contributed by atoms with E-state index >= 15 is 0 Å². The standard InChI is InChI=1S/C25H27N3O5/c1-3-25(32)15(2)33-21(11-22(25)29)17-9-10-26-14-20(17)28-24(31)19-13-27-12-18(23(19)30)16-7-5-4-6-8-16/h4-10,12-15,21-22,29,32H,3,11H2,1-2H3,(H,27,30)(H,28,31)/t15-,21-,22-,25-/m1/s1. The van der Waals surface area contributed by atoms with Crippen LogP contribution in [0.2, 0.25) is 0 Å². The quantitative estimate of drug-likeness (QED) is 0.475. The molecule has 0 spiro atoms. The zero-order chi connectivity index (χ0) is 23.6. The van der Waals surface area contributed by atoms with E-state index in [1.165, 1.54) is 12.4 Å². The second kappa shape index (κ2) is 9.27. The van der Waals surface area contributed by atoms with Gasteiger partial charge < -0.3 is 25.3 Å². The molecule has 1 fully saturated rings. The summed E-state index contributed by atoms with van der Waals surface area (Å²) in [4.78, 5) is 33.0. The average Bonchev–Trinajstić information content (AvgIpc) is 2.83. The van der Waals surface area contributed by atoms with Crippen molar-refractivity contribution in [2.75, 3.05) is 5.32 Å². The van der Waals surface area contributed by atoms with E-state index in [1.807, 2.05) is 18.2 Å². The Bertz CT molecular complexity index is 1180. The SMILES string of the molecule is CC[C@]1(O)[C@H](O)C[C@H](c2ccncc2NC(=O)c2c[nH]cc(-c3ccccc3)c2=O)O[C@@H]1C. The molecular formula is C25H27N3O5. The molecule has 1 aromatic carbocycles. The van der Waals surface area contributed by atoms with Crippen LogP contribution in [-0.4, -0.2) is 43.9 Å². The van der Waals surface area contributed by atoms with Crippen LogP contribution in [0, 0.1) is 0 Å². The Morgan fingerprint density at radius 3 is 2.73 bits per heavy atom. The van der Waals surface area contributed by atoms with Crippen molar-refractivity contribution in [3.63, 3.8) is 0 Å². The summed E-state index contributed by atoms with van der Waals surface area (Å²) in [5.41, 5.74) is 0.311. The van der Waals surface area contributed by atoms with Crippen molar-refractivity contribution in [1.82, 2.24) is 9.97 Å². The molecule has 33 heavy (non-hydrogen) atoms. The van der Waals surface area contributed by atoms with Crippen LogP contribution in [0.15, 0.2) is 66.0 Å². The Hall–Kier alpha value is -3.33. The zero-order valence-corrected chi connectivity index (χ0v) is 18.5. The van der Waals surface area contributed by atoms with E-state index in [2.05, 4.69) is 15.3 Å². The first-order chi connectivity index (χ1) is 15.8. The van der Waals surface area contributed by atoms with Crippen LogP contribution in [-0.2, 0) is 4.74 Å². The van der Waals surface area contributed by atoms with Crippen molar-refractivity contribution < 1.29 is 19.7 Å². The molecule has 1 amide bonds. The number of hydrogen-bond acceptors (Lipinski definition) is 6. The fourth-order valence-corrected chi connectivity index (χ4v) is 4.29. The van der Waals surface area contributed by atoms with E-state index in [-0.39, 0.29) is 12.0 Å². The molecule has 172 valence electrons. The highest BCUT2D eigenvalue weighted by atomic mass is 16.5. The van der Waals surface area contributed by atoms with Gasteiger partial charge in [-0.25, -0.2) is 0 Å². The van der Waals surface area contributed by atoms with Crippen LogP contribution in [0.3, 0.4) is 0 Å². The van der Waals surface area contributed by atoms with Crippen molar-refractivity contribution in [2.24, 2.45) is 0 Å². The van der Waals surface area contributed by atoms with E-state index in [0.29, 0.717) is 28.8 Å². The molecule has 4 rings (SSSR count). The van der Waals surface area contributed by atoms with Crippen LogP contribution in [0.1, 0.15) is 48.7 Å². The number of nitrogens with one attached hydrogen (secondary N) is 2. The monoisotopic (exact) mass is 449 g/mol. The summed E-state index contributed by atoms with van der Waals surface area (Å²) in [6.07, 6.45) is 4.32. The number of H-pyrrole nitrogens is 1. The van der Waals surface area contributed by atoms with E-state index in [4.69, 9.17) is 4.74 Å². The third kappa shape index (κ3) is 4.32. The van der Waals surface area contributed by atoms with Gasteiger partial charge in [0, 0.05) is 36.1 Å². The van der Waals surface area contributed by atoms with Crippen LogP contribution >= 0.6 is 0 Å². The molecule has 1 aliphatic heterocycles. The van der Waals surface area contributed by atoms with Crippen molar-refractivity contribution in [2.45, 2.75) is 50.6 Å². The molecule has 0 unspecified atom stereocenters. The summed E-state index contributed by atoms with van der Waals surface area (Å²) in [5, 5.41) is 24.0. The highest BCUT2D eigenvalue weighted by Crippen LogP contribution is 2.40. The average molecular weight is 450 g/mol. The molecule has 0 aliphatic carbocycles. The van der Waals surface area contributed by atoms with E-state index in [9.17, 15) is 19.8 Å². The first kappa shape index (κ1) is 22.8. The minimum absolute atomic E-state index is 0.0375. The Labute approximate surface area is 191 Å². The first-order valence-electron chi connectivity index (χ1n) is 10.9. The van der Waals surface area contributed by atoms with Gasteiger partial charge in [0.25, 0.3) is 5.91 Å². The lowest BCUT2D eigenvalue weighted by Gasteiger charge is -2.45. The van der Waals surface area contributed by atoms with Gasteiger partial charge in [-0.05, 0) is 25.0 Å². The number of aliphatic hydroxyl groups is 2. The lowest BCUT2D eigenvalue weighted by molar-refractivity contribution is -0.224. The Kier molecular flexibility index (Phi) is 6.42. The number of aliphatic hydroxyl groups excluding tert-OH is 1. The summed E-state index contributed by atoms with van der Waals surface area (Å²) in [6, 6.07) is 10.8. The molecule has 4 atom stereocenters. The smallest absolute Gasteiger partial charge is 0.261 e. The number of carbonyl (C=O) groups is 1. The number of carbonyl (C=O) groups excluding carboxylic acids is 1. The molecule has 3 aromatic rings. The fraction of sp³-hybridized carbons (Fsp3) is 0.320. The maximum absolute atomic E-state index is 13.0. The molecule has 1 aliphatic rings. The Morgan fingerprint density at radius 2 is 2.03 bits per heavy atom. The second-order valence-electron chi connectivity index (χ2n) is 8.26. The summed E-state index contributed by atoms with van der Waals surface area (Å²) < 4.78 is 6.02. The van der Waals surface area contributed by atoms with Gasteiger partial charge in [0.1, 0.15) is 11.2 Å². The van der Waals surface area contributed by atoms with Gasteiger partial charge in [0.2, 0.25) is 5.43 Å². The molecule has 3 heterocycles. The molecule has 8 nitrogen and oxygen atoms in total. The molecule has 0 saturated carbocycles. The van der Waals surface area contributed by atoms with Gasteiger partial charge in [-0.1, -0.05) is 37.3 Å². The highest BCUT2D eigenvalue weighted by Gasteiger charge is 2.47. The fourth-order valence-electron chi connectivity index (χ4n) is 4.29. The molecule has 0 bridgehead atoms. The third-order valence-electron chi connectivity index (χ3n) is 6.38. The van der Waals surface area contributed by atoms with E-state index < -0.39 is 35.2 Å². The predicted octanol–water partition coefficient (Wildman–Crippen LogP) is 3.04. The largest absolute Gasteiger partial charge is 0.390 e. The second-order valence-corrected chi connectivity index (χ2v) is 8.26. The summed E-state index contributed by atoms with van der Waals surface area (Å²) in [6.45, 7) is 3.51. The maximum atomic E-state index is 13.0. The molecular weight excluding hydrogens is 422 g/mol. The number of nitrogens with zero attached hydrogens (tertiary/aromatic N) is 1. The number of benzene rings is 1. The number of anilines is 1. The van der Waals surface area contributed by atoms with Crippen molar-refractivity contribution >= 4 is 11.6 Å². The molecule has 1 saturated heterocycles. The van der Waals surface area contributed by atoms with Crippen molar-refractivity contribution in [3.05, 3.63) is 82.5 Å².